The van der Waals surface area contributed by atoms with Crippen molar-refractivity contribution in [1.29, 1.82) is 0 Å². The van der Waals surface area contributed by atoms with Crippen LogP contribution in [-0.2, 0) is 9.47 Å². The minimum absolute atomic E-state index is 0.180. The first-order valence-corrected chi connectivity index (χ1v) is 5.05. The molecule has 0 radical (unpaired) electrons. The Labute approximate surface area is 87.4 Å². The average molecular weight is 204 g/mol. The summed E-state index contributed by atoms with van der Waals surface area (Å²) in [4.78, 5) is 2.21. The maximum atomic E-state index is 5.93. The second-order valence-electron chi connectivity index (χ2n) is 3.79. The van der Waals surface area contributed by atoms with Crippen molar-refractivity contribution in [2.75, 3.05) is 41.0 Å². The molecular formula is C10H24N2O2. The van der Waals surface area contributed by atoms with E-state index in [1.165, 1.54) is 0 Å². The van der Waals surface area contributed by atoms with Gasteiger partial charge in [0.2, 0.25) is 0 Å². The first-order valence-electron chi connectivity index (χ1n) is 5.05. The van der Waals surface area contributed by atoms with Gasteiger partial charge >= 0.3 is 0 Å². The van der Waals surface area contributed by atoms with Crippen LogP contribution in [0.25, 0.3) is 0 Å². The number of hydrogen-bond donors (Lipinski definition) is 1. The lowest BCUT2D eigenvalue weighted by atomic mass is 10.2. The Morgan fingerprint density at radius 2 is 1.93 bits per heavy atom. The van der Waals surface area contributed by atoms with Crippen LogP contribution < -0.4 is 5.73 Å². The number of hydrogen-bond acceptors (Lipinski definition) is 4. The van der Waals surface area contributed by atoms with Crippen LogP contribution in [0.4, 0.5) is 0 Å². The summed E-state index contributed by atoms with van der Waals surface area (Å²) in [6.07, 6.45) is 0.903. The van der Waals surface area contributed by atoms with Crippen LogP contribution in [0.15, 0.2) is 0 Å². The second kappa shape index (κ2) is 8.17. The van der Waals surface area contributed by atoms with Crippen LogP contribution in [-0.4, -0.2) is 58.0 Å². The summed E-state index contributed by atoms with van der Waals surface area (Å²) >= 11 is 0. The smallest absolute Gasteiger partial charge is 0.0615 e. The summed E-state index contributed by atoms with van der Waals surface area (Å²) in [6.45, 7) is 4.49. The van der Waals surface area contributed by atoms with Crippen molar-refractivity contribution in [2.24, 2.45) is 5.73 Å². The van der Waals surface area contributed by atoms with Crippen LogP contribution in [0.3, 0.4) is 0 Å². The number of rotatable bonds is 8. The lowest BCUT2D eigenvalue weighted by Crippen LogP contribution is -2.42. The molecule has 4 nitrogen and oxygen atoms in total. The zero-order valence-corrected chi connectivity index (χ0v) is 9.82. The molecule has 0 heterocycles. The maximum absolute atomic E-state index is 5.93. The van der Waals surface area contributed by atoms with E-state index in [-0.39, 0.29) is 6.04 Å². The van der Waals surface area contributed by atoms with Gasteiger partial charge in [-0.25, -0.2) is 0 Å². The number of likely N-dealkylation sites (N-methyl/N-ethyl adjacent to an activating group) is 1. The molecule has 0 aromatic carbocycles. The predicted octanol–water partition coefficient (Wildman–Crippen LogP) is 0.317. The van der Waals surface area contributed by atoms with Crippen LogP contribution in [0, 0.1) is 0 Å². The van der Waals surface area contributed by atoms with Crippen molar-refractivity contribution in [3.8, 4) is 0 Å². The third-order valence-electron chi connectivity index (χ3n) is 2.38. The van der Waals surface area contributed by atoms with Gasteiger partial charge in [-0.1, -0.05) is 0 Å². The molecule has 2 atom stereocenters. The maximum Gasteiger partial charge on any atom is 0.0615 e. The molecule has 2 unspecified atom stereocenters. The van der Waals surface area contributed by atoms with E-state index in [0.29, 0.717) is 6.04 Å². The van der Waals surface area contributed by atoms with E-state index in [0.717, 1.165) is 26.2 Å². The summed E-state index contributed by atoms with van der Waals surface area (Å²) in [7, 11) is 5.48. The Hall–Kier alpha value is -0.160. The van der Waals surface area contributed by atoms with E-state index in [9.17, 15) is 0 Å². The molecule has 4 heteroatoms. The summed E-state index contributed by atoms with van der Waals surface area (Å²) < 4.78 is 10.1. The van der Waals surface area contributed by atoms with Gasteiger partial charge in [0.15, 0.2) is 0 Å². The zero-order valence-electron chi connectivity index (χ0n) is 9.82. The highest BCUT2D eigenvalue weighted by Gasteiger charge is 2.12. The van der Waals surface area contributed by atoms with E-state index in [2.05, 4.69) is 18.9 Å². The molecule has 0 aromatic heterocycles. The Morgan fingerprint density at radius 3 is 2.43 bits per heavy atom. The normalized spacial score (nSPS) is 15.9. The minimum Gasteiger partial charge on any atom is -0.385 e. The van der Waals surface area contributed by atoms with Crippen LogP contribution in [0.2, 0.25) is 0 Å². The van der Waals surface area contributed by atoms with Gasteiger partial charge in [-0.2, -0.15) is 0 Å². The van der Waals surface area contributed by atoms with E-state index < -0.39 is 0 Å². The van der Waals surface area contributed by atoms with Crippen molar-refractivity contribution in [3.05, 3.63) is 0 Å². The monoisotopic (exact) mass is 204 g/mol. The Bertz CT molecular complexity index is 133. The van der Waals surface area contributed by atoms with Crippen molar-refractivity contribution in [1.82, 2.24) is 4.90 Å². The van der Waals surface area contributed by atoms with Crippen molar-refractivity contribution in [2.45, 2.75) is 25.4 Å². The third-order valence-corrected chi connectivity index (χ3v) is 2.38. The van der Waals surface area contributed by atoms with Gasteiger partial charge in [-0.3, -0.25) is 4.90 Å². The fourth-order valence-corrected chi connectivity index (χ4v) is 1.28. The van der Waals surface area contributed by atoms with E-state index in [1.54, 1.807) is 14.2 Å². The number of ether oxygens (including phenoxy) is 2. The van der Waals surface area contributed by atoms with E-state index in [1.807, 2.05) is 0 Å². The quantitative estimate of drug-likeness (QED) is 0.618. The van der Waals surface area contributed by atoms with Gasteiger partial charge in [-0.05, 0) is 20.4 Å². The van der Waals surface area contributed by atoms with Gasteiger partial charge in [-0.15, -0.1) is 0 Å². The van der Waals surface area contributed by atoms with Gasteiger partial charge in [0.25, 0.3) is 0 Å². The minimum atomic E-state index is 0.180. The molecular weight excluding hydrogens is 180 g/mol. The summed E-state index contributed by atoms with van der Waals surface area (Å²) in [5.74, 6) is 0. The summed E-state index contributed by atoms with van der Waals surface area (Å²) in [5.41, 5.74) is 5.93. The van der Waals surface area contributed by atoms with Crippen molar-refractivity contribution >= 4 is 0 Å². The molecule has 0 saturated carbocycles. The highest BCUT2D eigenvalue weighted by Crippen LogP contribution is 1.99. The fraction of sp³-hybridized carbons (Fsp3) is 1.00. The Balaban J connectivity index is 3.63. The molecule has 0 amide bonds. The largest absolute Gasteiger partial charge is 0.385 e. The molecule has 2 N–H and O–H groups in total. The Kier molecular flexibility index (Phi) is 8.08. The summed E-state index contributed by atoms with van der Waals surface area (Å²) in [6, 6.07) is 0.591. The highest BCUT2D eigenvalue weighted by atomic mass is 16.5. The number of nitrogens with two attached hydrogens (primary N) is 1. The molecule has 14 heavy (non-hydrogen) atoms. The van der Waals surface area contributed by atoms with Crippen molar-refractivity contribution in [3.63, 3.8) is 0 Å². The highest BCUT2D eigenvalue weighted by molar-refractivity contribution is 4.70. The van der Waals surface area contributed by atoms with Crippen molar-refractivity contribution < 1.29 is 9.47 Å². The van der Waals surface area contributed by atoms with E-state index >= 15 is 0 Å². The molecule has 0 bridgehead atoms. The topological polar surface area (TPSA) is 47.7 Å². The lowest BCUT2D eigenvalue weighted by Gasteiger charge is -2.26. The van der Waals surface area contributed by atoms with Crippen LogP contribution >= 0.6 is 0 Å². The van der Waals surface area contributed by atoms with Crippen LogP contribution in [0.5, 0.6) is 0 Å². The van der Waals surface area contributed by atoms with Gasteiger partial charge in [0.1, 0.15) is 0 Å². The van der Waals surface area contributed by atoms with Gasteiger partial charge in [0.05, 0.1) is 6.61 Å². The molecule has 0 aromatic rings. The zero-order chi connectivity index (χ0) is 11.0. The molecule has 0 rings (SSSR count). The van der Waals surface area contributed by atoms with Gasteiger partial charge < -0.3 is 15.2 Å². The van der Waals surface area contributed by atoms with Gasteiger partial charge in [0, 0.05) is 39.5 Å². The first-order chi connectivity index (χ1) is 6.61. The molecule has 0 saturated heterocycles. The third kappa shape index (κ3) is 6.32. The lowest BCUT2D eigenvalue weighted by molar-refractivity contribution is 0.107. The SMILES string of the molecule is COCCC(N)CN(C)C(C)COC. The molecule has 0 spiro atoms. The second-order valence-corrected chi connectivity index (χ2v) is 3.79. The predicted molar refractivity (Wildman–Crippen MR) is 58.4 cm³/mol. The number of methoxy groups -OCH3 is 2. The van der Waals surface area contributed by atoms with E-state index in [4.69, 9.17) is 15.2 Å². The first kappa shape index (κ1) is 13.8. The standard InChI is InChI=1S/C10H24N2O2/c1-9(8-14-4)12(2)7-10(11)5-6-13-3/h9-10H,5-8,11H2,1-4H3. The summed E-state index contributed by atoms with van der Waals surface area (Å²) in [5, 5.41) is 0. The molecule has 0 aliphatic rings. The average Bonchev–Trinajstić information content (AvgIpc) is 2.15. The molecule has 0 aliphatic heterocycles. The van der Waals surface area contributed by atoms with Crippen LogP contribution in [0.1, 0.15) is 13.3 Å². The fourth-order valence-electron chi connectivity index (χ4n) is 1.28. The molecule has 86 valence electrons. The molecule has 0 fully saturated rings. The molecule has 0 aliphatic carbocycles. The Morgan fingerprint density at radius 1 is 1.29 bits per heavy atom. The number of nitrogens with zero attached hydrogens (tertiary/aromatic N) is 1.